The minimum atomic E-state index is 0.0526. The van der Waals surface area contributed by atoms with Gasteiger partial charge in [-0.25, -0.2) is 0 Å². The Morgan fingerprint density at radius 3 is 0.837 bits per heavy atom. The van der Waals surface area contributed by atoms with Crippen LogP contribution in [0.3, 0.4) is 0 Å². The Kier molecular flexibility index (Phi) is 19.3. The molecule has 0 radical (unpaired) electrons. The molecule has 0 spiro atoms. The van der Waals surface area contributed by atoms with Gasteiger partial charge in [0.1, 0.15) is 69.0 Å². The standard InChI is InChI=1S/2C48H29BO2.C42H25BO2/c1-2-12-30(13-3-1)46-36-14-4-6-16-38(36)47(39-17-7-5-15-37(39)46)34-25-24-31-26-33(23-22-32(31)27-34)35-28-44-48-45(29-35)51-43-21-11-9-19-41(43)49(48)40-18-8-10-20-42(40)50-44;1-2-14-30(15-3-1)46-35-18-6-8-20-37(35)47(38-21-9-7-19-36(38)46)39-27-26-32(33-16-4-5-17-34(33)39)31-28-44-48-45(29-31)51-43-25-13-11-23-41(43)49(48)40-22-10-12-24-42(40)50-44;1-2-12-27(13-3-1)40-31-16-7-6-15-30(31)39(32-23-21-26-11-4-5-14-29(26)41(32)40)28-22-24-34-38(25-28)45-37-20-10-19-36-42(37)43(34)33-17-8-9-18-35(33)44-36/h2*1-29H;1-25H. The lowest BCUT2D eigenvalue weighted by molar-refractivity contribution is 0.464. The molecular weight excluding hydrogens is 1790 g/mol. The molecular formula is C138H83B3O6. The minimum Gasteiger partial charge on any atom is -0.458 e. The maximum absolute atomic E-state index is 6.71. The quantitative estimate of drug-likeness (QED) is 0.0858. The molecule has 0 aromatic heterocycles. The van der Waals surface area contributed by atoms with Gasteiger partial charge in [0.05, 0.1) is 0 Å². The van der Waals surface area contributed by atoms with Crippen molar-refractivity contribution in [1.29, 1.82) is 0 Å². The Balaban J connectivity index is 0.000000102. The van der Waals surface area contributed by atoms with Crippen molar-refractivity contribution in [2.75, 3.05) is 0 Å². The number of fused-ring (bicyclic) bond motifs is 22. The van der Waals surface area contributed by atoms with E-state index in [0.29, 0.717) is 0 Å². The van der Waals surface area contributed by atoms with Crippen LogP contribution in [-0.2, 0) is 0 Å². The fourth-order valence-electron chi connectivity index (χ4n) is 24.8. The highest BCUT2D eigenvalue weighted by molar-refractivity contribution is 6.99. The van der Waals surface area contributed by atoms with Gasteiger partial charge in [0.15, 0.2) is 0 Å². The van der Waals surface area contributed by atoms with Crippen LogP contribution in [0.1, 0.15) is 0 Å². The fraction of sp³-hybridized carbons (Fsp3) is 0. The number of para-hydroxylation sites is 5. The first-order valence-corrected chi connectivity index (χ1v) is 50.5. The Morgan fingerprint density at radius 1 is 0.122 bits per heavy atom. The summed E-state index contributed by atoms with van der Waals surface area (Å²) in [7, 11) is 0. The molecule has 6 aliphatic heterocycles. The van der Waals surface area contributed by atoms with E-state index in [2.05, 4.69) is 461 Å². The molecule has 26 aromatic rings. The van der Waals surface area contributed by atoms with Crippen molar-refractivity contribution < 1.29 is 28.4 Å². The Labute approximate surface area is 850 Å². The highest BCUT2D eigenvalue weighted by Gasteiger charge is 2.44. The predicted molar refractivity (Wildman–Crippen MR) is 613 cm³/mol. The fourth-order valence-corrected chi connectivity index (χ4v) is 24.8. The molecule has 0 N–H and O–H groups in total. The molecule has 9 heteroatoms. The monoisotopic (exact) mass is 1870 g/mol. The van der Waals surface area contributed by atoms with E-state index in [1.807, 2.05) is 42.5 Å². The minimum absolute atomic E-state index is 0.0526. The molecule has 680 valence electrons. The number of ether oxygens (including phenoxy) is 6. The lowest BCUT2D eigenvalue weighted by Crippen LogP contribution is -2.57. The molecule has 6 heterocycles. The van der Waals surface area contributed by atoms with Crippen LogP contribution in [0.5, 0.6) is 69.0 Å². The summed E-state index contributed by atoms with van der Waals surface area (Å²) in [6.07, 6.45) is 0. The zero-order valence-corrected chi connectivity index (χ0v) is 79.6. The molecule has 147 heavy (non-hydrogen) atoms. The zero-order valence-electron chi connectivity index (χ0n) is 79.6. The van der Waals surface area contributed by atoms with E-state index in [1.54, 1.807) is 0 Å². The average molecular weight is 1870 g/mol. The first kappa shape index (κ1) is 83.8. The normalized spacial score (nSPS) is 12.6. The maximum Gasteiger partial charge on any atom is 0.260 e. The van der Waals surface area contributed by atoms with Crippen LogP contribution < -0.4 is 77.6 Å². The Hall–Kier alpha value is -18.9. The largest absolute Gasteiger partial charge is 0.458 e. The Bertz CT molecular complexity index is 9810. The van der Waals surface area contributed by atoms with Crippen molar-refractivity contribution in [3.8, 4) is 158 Å². The zero-order chi connectivity index (χ0) is 96.4. The summed E-state index contributed by atoms with van der Waals surface area (Å²) < 4.78 is 39.5. The van der Waals surface area contributed by atoms with Gasteiger partial charge in [-0.2, -0.15) is 0 Å². The second-order valence-corrected chi connectivity index (χ2v) is 39.1. The average Bonchev–Trinajstić information content (AvgIpc) is 0.704. The first-order valence-electron chi connectivity index (χ1n) is 50.5. The van der Waals surface area contributed by atoms with Gasteiger partial charge < -0.3 is 28.4 Å². The molecule has 26 aromatic carbocycles. The van der Waals surface area contributed by atoms with Crippen molar-refractivity contribution >= 4 is 166 Å². The third-order valence-electron chi connectivity index (χ3n) is 31.1. The van der Waals surface area contributed by atoms with Crippen LogP contribution in [-0.4, -0.2) is 20.1 Å². The lowest BCUT2D eigenvalue weighted by atomic mass is 9.35. The first-order chi connectivity index (χ1) is 72.9. The highest BCUT2D eigenvalue weighted by Crippen LogP contribution is 2.53. The molecule has 6 aliphatic rings. The van der Waals surface area contributed by atoms with Gasteiger partial charge >= 0.3 is 0 Å². The van der Waals surface area contributed by atoms with Crippen molar-refractivity contribution in [3.05, 3.63) is 504 Å². The number of hydrogen-bond donors (Lipinski definition) is 0. The molecule has 0 saturated carbocycles. The number of hydrogen-bond acceptors (Lipinski definition) is 6. The van der Waals surface area contributed by atoms with Gasteiger partial charge in [0.25, 0.3) is 20.1 Å². The van der Waals surface area contributed by atoms with Gasteiger partial charge in [-0.1, -0.05) is 419 Å². The molecule has 6 nitrogen and oxygen atoms in total. The third kappa shape index (κ3) is 13.5. The molecule has 0 unspecified atom stereocenters. The molecule has 0 atom stereocenters. The molecule has 0 amide bonds. The van der Waals surface area contributed by atoms with E-state index in [-0.39, 0.29) is 20.1 Å². The van der Waals surface area contributed by atoms with Crippen molar-refractivity contribution in [2.45, 2.75) is 0 Å². The molecule has 0 aliphatic carbocycles. The Morgan fingerprint density at radius 2 is 0.395 bits per heavy atom. The van der Waals surface area contributed by atoms with E-state index in [9.17, 15) is 0 Å². The summed E-state index contributed by atoms with van der Waals surface area (Å²) in [5.41, 5.74) is 29.6. The van der Waals surface area contributed by atoms with E-state index in [0.717, 1.165) is 119 Å². The highest BCUT2D eigenvalue weighted by atomic mass is 16.5. The van der Waals surface area contributed by atoms with Crippen molar-refractivity contribution in [3.63, 3.8) is 0 Å². The van der Waals surface area contributed by atoms with Crippen LogP contribution in [0.25, 0.3) is 186 Å². The number of rotatable bonds is 8. The summed E-state index contributed by atoms with van der Waals surface area (Å²) in [6.45, 7) is 0.179. The van der Waals surface area contributed by atoms with Gasteiger partial charge in [-0.05, 0) is 304 Å². The smallest absolute Gasteiger partial charge is 0.260 e. The van der Waals surface area contributed by atoms with Gasteiger partial charge in [-0.3, -0.25) is 0 Å². The van der Waals surface area contributed by atoms with Crippen molar-refractivity contribution in [1.82, 2.24) is 0 Å². The van der Waals surface area contributed by atoms with Gasteiger partial charge in [-0.15, -0.1) is 0 Å². The SMILES string of the molecule is c1ccc(-c2c3ccccc3c(-c3ccc(-c4cc5c6c(c4)Oc4ccccc4B6c4ccccc4O5)c4ccccc34)c3ccccc23)cc1.c1ccc(-c2c3ccccc3c(-c3ccc4c(c3)Oc3cccc5c3B4c3ccccc3O5)c3ccc4ccccc4c23)cc1.c1ccc(-c2c3ccccc3c(-c3ccc4cc(-c5cc6c7c(c5)Oc5ccccc5B7c5ccccc5O6)ccc4c3)c3ccccc23)cc1. The van der Waals surface area contributed by atoms with Crippen LogP contribution >= 0.6 is 0 Å². The van der Waals surface area contributed by atoms with E-state index in [1.165, 1.54) is 185 Å². The molecule has 0 saturated heterocycles. The van der Waals surface area contributed by atoms with E-state index in [4.69, 9.17) is 28.4 Å². The summed E-state index contributed by atoms with van der Waals surface area (Å²) in [5, 5.41) is 22.3. The maximum atomic E-state index is 6.71. The second kappa shape index (κ2) is 33.9. The molecule has 0 bridgehead atoms. The second-order valence-electron chi connectivity index (χ2n) is 39.1. The molecule has 32 rings (SSSR count). The van der Waals surface area contributed by atoms with Crippen LogP contribution in [0.4, 0.5) is 0 Å². The van der Waals surface area contributed by atoms with E-state index < -0.39 is 0 Å². The summed E-state index contributed by atoms with van der Waals surface area (Å²) >= 11 is 0. The van der Waals surface area contributed by atoms with Crippen LogP contribution in [0, 0.1) is 0 Å². The van der Waals surface area contributed by atoms with Crippen molar-refractivity contribution in [2.24, 2.45) is 0 Å². The summed E-state index contributed by atoms with van der Waals surface area (Å²) in [4.78, 5) is 0. The van der Waals surface area contributed by atoms with Gasteiger partial charge in [0.2, 0.25) is 0 Å². The molecule has 0 fully saturated rings. The predicted octanol–water partition coefficient (Wildman–Crippen LogP) is 31.0. The topological polar surface area (TPSA) is 55.4 Å². The summed E-state index contributed by atoms with van der Waals surface area (Å²) in [6, 6.07) is 181. The van der Waals surface area contributed by atoms with Gasteiger partial charge in [0, 0.05) is 16.4 Å². The van der Waals surface area contributed by atoms with E-state index >= 15 is 0 Å². The van der Waals surface area contributed by atoms with Crippen LogP contribution in [0.15, 0.2) is 504 Å². The third-order valence-corrected chi connectivity index (χ3v) is 31.1. The lowest BCUT2D eigenvalue weighted by Gasteiger charge is -2.33. The summed E-state index contributed by atoms with van der Waals surface area (Å²) in [5.74, 6) is 10.5. The van der Waals surface area contributed by atoms with Crippen LogP contribution in [0.2, 0.25) is 0 Å². The number of benzene rings is 26.